The van der Waals surface area contributed by atoms with Gasteiger partial charge in [-0.15, -0.1) is 0 Å². The Morgan fingerprint density at radius 1 is 1.00 bits per heavy atom. The summed E-state index contributed by atoms with van der Waals surface area (Å²) >= 11 is 3.42. The van der Waals surface area contributed by atoms with E-state index in [0.29, 0.717) is 43.9 Å². The van der Waals surface area contributed by atoms with Crippen molar-refractivity contribution >= 4 is 33.6 Å². The van der Waals surface area contributed by atoms with Gasteiger partial charge in [0.05, 0.1) is 29.6 Å². The van der Waals surface area contributed by atoms with Crippen LogP contribution >= 0.6 is 15.9 Å². The summed E-state index contributed by atoms with van der Waals surface area (Å²) < 4.78 is 7.67. The molecule has 0 atom stereocenters. The van der Waals surface area contributed by atoms with Crippen LogP contribution < -0.4 is 4.90 Å². The van der Waals surface area contributed by atoms with E-state index < -0.39 is 0 Å². The molecule has 1 saturated heterocycles. The number of rotatable bonds is 5. The number of carbonyl (C=O) groups excluding carboxylic acids is 2. The number of hydrogen-bond acceptors (Lipinski definition) is 6. The Bertz CT molecular complexity index is 1060. The molecule has 8 nitrogen and oxygen atoms in total. The molecule has 0 radical (unpaired) electrons. The van der Waals surface area contributed by atoms with Gasteiger partial charge in [0.1, 0.15) is 5.82 Å². The summed E-state index contributed by atoms with van der Waals surface area (Å²) in [6.45, 7) is 4.61. The van der Waals surface area contributed by atoms with Crippen molar-refractivity contribution in [3.05, 3.63) is 70.6 Å². The van der Waals surface area contributed by atoms with E-state index in [2.05, 4.69) is 30.9 Å². The fourth-order valence-corrected chi connectivity index (χ4v) is 3.66. The molecular weight excluding hydrogens is 462 g/mol. The van der Waals surface area contributed by atoms with Crippen LogP contribution in [0.3, 0.4) is 0 Å². The molecule has 0 saturated carbocycles. The molecule has 160 valence electrons. The van der Waals surface area contributed by atoms with Crippen molar-refractivity contribution in [1.82, 2.24) is 19.7 Å². The first-order valence-corrected chi connectivity index (χ1v) is 10.8. The Labute approximate surface area is 188 Å². The monoisotopic (exact) mass is 483 g/mol. The van der Waals surface area contributed by atoms with Crippen LogP contribution in [0.15, 0.2) is 59.5 Å². The molecule has 1 aliphatic heterocycles. The maximum absolute atomic E-state index is 12.9. The van der Waals surface area contributed by atoms with Gasteiger partial charge in [-0.25, -0.2) is 14.5 Å². The van der Waals surface area contributed by atoms with Crippen molar-refractivity contribution < 1.29 is 14.3 Å². The first-order valence-electron chi connectivity index (χ1n) is 10.0. The molecule has 1 fully saturated rings. The molecule has 1 amide bonds. The van der Waals surface area contributed by atoms with Crippen molar-refractivity contribution in [1.29, 1.82) is 0 Å². The lowest BCUT2D eigenvalue weighted by Crippen LogP contribution is -2.49. The molecule has 0 unspecified atom stereocenters. The summed E-state index contributed by atoms with van der Waals surface area (Å²) in [5.41, 5.74) is 1.89. The summed E-state index contributed by atoms with van der Waals surface area (Å²) in [4.78, 5) is 33.0. The second kappa shape index (κ2) is 9.30. The van der Waals surface area contributed by atoms with Crippen LogP contribution in [0.25, 0.3) is 5.69 Å². The van der Waals surface area contributed by atoms with Crippen LogP contribution in [0, 0.1) is 0 Å². The third-order valence-corrected chi connectivity index (χ3v) is 5.60. The predicted molar refractivity (Wildman–Crippen MR) is 120 cm³/mol. The van der Waals surface area contributed by atoms with Gasteiger partial charge < -0.3 is 14.5 Å². The number of esters is 1. The quantitative estimate of drug-likeness (QED) is 0.518. The van der Waals surface area contributed by atoms with Crippen LogP contribution in [-0.4, -0.2) is 64.3 Å². The largest absolute Gasteiger partial charge is 0.462 e. The van der Waals surface area contributed by atoms with Gasteiger partial charge in [-0.05, 0) is 43.3 Å². The number of amides is 1. The molecular formula is C22H22BrN5O3. The fraction of sp³-hybridized carbons (Fsp3) is 0.273. The molecule has 1 aliphatic rings. The Hall–Kier alpha value is -3.20. The van der Waals surface area contributed by atoms with E-state index in [1.807, 2.05) is 35.2 Å². The Morgan fingerprint density at radius 3 is 2.39 bits per heavy atom. The van der Waals surface area contributed by atoms with E-state index in [4.69, 9.17) is 4.74 Å². The van der Waals surface area contributed by atoms with E-state index in [1.54, 1.807) is 30.1 Å². The van der Waals surface area contributed by atoms with Crippen molar-refractivity contribution in [3.8, 4) is 5.69 Å². The lowest BCUT2D eigenvalue weighted by molar-refractivity contribution is 0.0525. The lowest BCUT2D eigenvalue weighted by Gasteiger charge is -2.35. The average molecular weight is 484 g/mol. The van der Waals surface area contributed by atoms with E-state index >= 15 is 0 Å². The van der Waals surface area contributed by atoms with Gasteiger partial charge in [-0.1, -0.05) is 15.9 Å². The van der Waals surface area contributed by atoms with Crippen molar-refractivity contribution in [3.63, 3.8) is 0 Å². The van der Waals surface area contributed by atoms with Crippen molar-refractivity contribution in [2.24, 2.45) is 0 Å². The van der Waals surface area contributed by atoms with Crippen molar-refractivity contribution in [2.75, 3.05) is 37.7 Å². The predicted octanol–water partition coefficient (Wildman–Crippen LogP) is 3.17. The highest BCUT2D eigenvalue weighted by atomic mass is 79.9. The molecule has 1 aromatic carbocycles. The van der Waals surface area contributed by atoms with Crippen LogP contribution in [0.2, 0.25) is 0 Å². The summed E-state index contributed by atoms with van der Waals surface area (Å²) in [6.07, 6.45) is 4.89. The van der Waals surface area contributed by atoms with E-state index in [1.165, 1.54) is 6.20 Å². The number of ether oxygens (including phenoxy) is 1. The summed E-state index contributed by atoms with van der Waals surface area (Å²) in [5, 5.41) is 4.33. The van der Waals surface area contributed by atoms with E-state index in [0.717, 1.165) is 16.0 Å². The topological polar surface area (TPSA) is 80.6 Å². The molecule has 0 aliphatic carbocycles. The van der Waals surface area contributed by atoms with E-state index in [9.17, 15) is 9.59 Å². The summed E-state index contributed by atoms with van der Waals surface area (Å²) in [7, 11) is 0. The molecule has 2 aromatic heterocycles. The molecule has 3 heterocycles. The number of benzene rings is 1. The molecule has 31 heavy (non-hydrogen) atoms. The maximum atomic E-state index is 12.9. The van der Waals surface area contributed by atoms with Gasteiger partial charge in [0.2, 0.25) is 0 Å². The second-order valence-electron chi connectivity index (χ2n) is 7.05. The van der Waals surface area contributed by atoms with Crippen LogP contribution in [-0.2, 0) is 4.74 Å². The zero-order valence-corrected chi connectivity index (χ0v) is 18.7. The lowest BCUT2D eigenvalue weighted by atomic mass is 10.2. The van der Waals surface area contributed by atoms with Gasteiger partial charge in [0.25, 0.3) is 5.91 Å². The number of piperazine rings is 1. The number of nitrogens with zero attached hydrogens (tertiary/aromatic N) is 5. The third kappa shape index (κ3) is 4.77. The normalized spacial score (nSPS) is 13.9. The maximum Gasteiger partial charge on any atom is 0.339 e. The molecule has 0 spiro atoms. The SMILES string of the molecule is CCOC(=O)c1ccc(N2CCN(C(=O)c3cnn(-c4ccc(Br)cc4)c3)CC2)nc1. The number of halogens is 1. The first kappa shape index (κ1) is 21.0. The number of carbonyl (C=O) groups is 2. The third-order valence-electron chi connectivity index (χ3n) is 5.07. The minimum atomic E-state index is -0.374. The Morgan fingerprint density at radius 2 is 1.74 bits per heavy atom. The molecule has 0 bridgehead atoms. The minimum Gasteiger partial charge on any atom is -0.462 e. The summed E-state index contributed by atoms with van der Waals surface area (Å²) in [5.74, 6) is 0.373. The highest BCUT2D eigenvalue weighted by Gasteiger charge is 2.24. The number of anilines is 1. The zero-order chi connectivity index (χ0) is 21.8. The second-order valence-corrected chi connectivity index (χ2v) is 7.97. The first-order chi connectivity index (χ1) is 15.0. The van der Waals surface area contributed by atoms with Gasteiger partial charge in [0, 0.05) is 43.0 Å². The standard InChI is InChI=1S/C22H22BrN5O3/c1-2-31-22(30)16-3-8-20(24-13-16)26-9-11-27(12-10-26)21(29)17-14-25-28(15-17)19-6-4-18(23)5-7-19/h3-8,13-15H,2,9-12H2,1H3. The smallest absolute Gasteiger partial charge is 0.339 e. The minimum absolute atomic E-state index is 0.0337. The molecule has 9 heteroatoms. The number of hydrogen-bond donors (Lipinski definition) is 0. The van der Waals surface area contributed by atoms with Crippen LogP contribution in [0.4, 0.5) is 5.82 Å². The molecule has 3 aromatic rings. The molecule has 0 N–H and O–H groups in total. The van der Waals surface area contributed by atoms with Crippen LogP contribution in [0.5, 0.6) is 0 Å². The van der Waals surface area contributed by atoms with Gasteiger partial charge >= 0.3 is 5.97 Å². The highest BCUT2D eigenvalue weighted by molar-refractivity contribution is 9.10. The fourth-order valence-electron chi connectivity index (χ4n) is 3.40. The Balaban J connectivity index is 1.36. The van der Waals surface area contributed by atoms with E-state index in [-0.39, 0.29) is 11.9 Å². The highest BCUT2D eigenvalue weighted by Crippen LogP contribution is 2.18. The average Bonchev–Trinajstić information content (AvgIpc) is 3.30. The van der Waals surface area contributed by atoms with Gasteiger partial charge in [0.15, 0.2) is 0 Å². The van der Waals surface area contributed by atoms with Crippen LogP contribution in [0.1, 0.15) is 27.6 Å². The van der Waals surface area contributed by atoms with Gasteiger partial charge in [-0.2, -0.15) is 5.10 Å². The summed E-state index contributed by atoms with van der Waals surface area (Å²) in [6, 6.07) is 11.3. The van der Waals surface area contributed by atoms with Crippen molar-refractivity contribution in [2.45, 2.75) is 6.92 Å². The zero-order valence-electron chi connectivity index (χ0n) is 17.1. The number of pyridine rings is 1. The van der Waals surface area contributed by atoms with Gasteiger partial charge in [-0.3, -0.25) is 4.79 Å². The Kier molecular flexibility index (Phi) is 6.31. The number of aromatic nitrogens is 3. The molecule has 4 rings (SSSR count).